The quantitative estimate of drug-likeness (QED) is 0.438. The minimum atomic E-state index is 1.11. The fourth-order valence-corrected chi connectivity index (χ4v) is 2.14. The fourth-order valence-electron chi connectivity index (χ4n) is 1.63. The van der Waals surface area contributed by atoms with Crippen molar-refractivity contribution in [3.05, 3.63) is 35.9 Å². The second-order valence-corrected chi connectivity index (χ2v) is 4.50. The molecular formula is C15H25I. The molecule has 16 heavy (non-hydrogen) atoms. The molecule has 1 aromatic carbocycles. The second kappa shape index (κ2) is 13.0. The molecule has 0 atom stereocenters. The van der Waals surface area contributed by atoms with Gasteiger partial charge in [0.1, 0.15) is 0 Å². The number of hydrogen-bond donors (Lipinski definition) is 0. The zero-order valence-electron chi connectivity index (χ0n) is 10.7. The summed E-state index contributed by atoms with van der Waals surface area (Å²) in [5, 5.41) is 0. The third kappa shape index (κ3) is 9.20. The van der Waals surface area contributed by atoms with Crippen molar-refractivity contribution in [3.63, 3.8) is 0 Å². The monoisotopic (exact) mass is 332 g/mol. The van der Waals surface area contributed by atoms with Gasteiger partial charge in [0.2, 0.25) is 0 Å². The molecular weight excluding hydrogens is 307 g/mol. The third-order valence-corrected chi connectivity index (χ3v) is 3.38. The highest BCUT2D eigenvalue weighted by Crippen LogP contribution is 2.15. The van der Waals surface area contributed by atoms with Crippen LogP contribution in [-0.4, -0.2) is 0 Å². The lowest BCUT2D eigenvalue weighted by atomic mass is 10.0. The maximum atomic E-state index is 2.35. The Morgan fingerprint density at radius 3 is 1.44 bits per heavy atom. The van der Waals surface area contributed by atoms with E-state index >= 15 is 0 Å². The van der Waals surface area contributed by atoms with E-state index in [1.165, 1.54) is 44.1 Å². The van der Waals surface area contributed by atoms with E-state index in [0.29, 0.717) is 0 Å². The molecule has 1 saturated carbocycles. The Hall–Kier alpha value is -0.0500. The van der Waals surface area contributed by atoms with Gasteiger partial charge in [-0.05, 0) is 5.56 Å². The minimum Gasteiger partial charge on any atom is -0.0812 e. The molecule has 2 rings (SSSR count). The number of rotatable bonds is 1. The first-order valence-electron chi connectivity index (χ1n) is 6.53. The highest BCUT2D eigenvalue weighted by Gasteiger charge is 1.95. The summed E-state index contributed by atoms with van der Waals surface area (Å²) in [6, 6.07) is 10.4. The maximum Gasteiger partial charge on any atom is 0.0247 e. The van der Waals surface area contributed by atoms with Crippen LogP contribution in [0.4, 0.5) is 0 Å². The third-order valence-electron chi connectivity index (χ3n) is 2.50. The van der Waals surface area contributed by atoms with Crippen molar-refractivity contribution in [2.24, 2.45) is 0 Å². The van der Waals surface area contributed by atoms with Crippen LogP contribution in [0.5, 0.6) is 0 Å². The highest BCUT2D eigenvalue weighted by atomic mass is 127. The van der Waals surface area contributed by atoms with Crippen LogP contribution < -0.4 is 0 Å². The molecule has 0 bridgehead atoms. The van der Waals surface area contributed by atoms with Gasteiger partial charge in [-0.2, -0.15) is 0 Å². The van der Waals surface area contributed by atoms with Gasteiger partial charge in [-0.25, -0.2) is 0 Å². The lowest BCUT2D eigenvalue weighted by molar-refractivity contribution is 0.504. The van der Waals surface area contributed by atoms with Crippen LogP contribution in [0.2, 0.25) is 0 Å². The standard InChI is InChI=1S/C7H7I.C6H12.C2H6/c8-6-7-4-2-1-3-5-7;1-2-4-6-5-3-1;1-2/h1-5H,6H2;1-6H2;1-2H3. The molecule has 0 aromatic heterocycles. The second-order valence-electron chi connectivity index (χ2n) is 3.74. The Morgan fingerprint density at radius 2 is 1.19 bits per heavy atom. The molecule has 0 unspecified atom stereocenters. The van der Waals surface area contributed by atoms with Gasteiger partial charge in [-0.15, -0.1) is 0 Å². The Bertz CT molecular complexity index is 203. The van der Waals surface area contributed by atoms with E-state index in [1.54, 1.807) is 0 Å². The molecule has 1 fully saturated rings. The molecule has 1 aromatic rings. The van der Waals surface area contributed by atoms with E-state index in [0.717, 1.165) is 4.43 Å². The first-order chi connectivity index (χ1) is 7.93. The molecule has 0 radical (unpaired) electrons. The van der Waals surface area contributed by atoms with Crippen molar-refractivity contribution in [1.29, 1.82) is 0 Å². The van der Waals surface area contributed by atoms with Gasteiger partial charge < -0.3 is 0 Å². The molecule has 1 heteroatoms. The van der Waals surface area contributed by atoms with Gasteiger partial charge >= 0.3 is 0 Å². The molecule has 0 nitrogen and oxygen atoms in total. The van der Waals surface area contributed by atoms with Crippen molar-refractivity contribution in [3.8, 4) is 0 Å². The van der Waals surface area contributed by atoms with E-state index in [9.17, 15) is 0 Å². The maximum absolute atomic E-state index is 2.35. The van der Waals surface area contributed by atoms with Crippen LogP contribution in [0, 0.1) is 0 Å². The zero-order valence-corrected chi connectivity index (χ0v) is 12.9. The number of halogens is 1. The predicted octanol–water partition coefficient (Wildman–Crippen LogP) is 5.99. The van der Waals surface area contributed by atoms with Crippen molar-refractivity contribution in [2.75, 3.05) is 0 Å². The molecule has 0 N–H and O–H groups in total. The summed E-state index contributed by atoms with van der Waals surface area (Å²) < 4.78 is 1.11. The molecule has 1 aliphatic rings. The van der Waals surface area contributed by atoms with Crippen LogP contribution in [0.25, 0.3) is 0 Å². The van der Waals surface area contributed by atoms with Crippen LogP contribution in [0.1, 0.15) is 57.9 Å². The fraction of sp³-hybridized carbons (Fsp3) is 0.600. The highest BCUT2D eigenvalue weighted by molar-refractivity contribution is 14.1. The smallest absolute Gasteiger partial charge is 0.0247 e. The van der Waals surface area contributed by atoms with Crippen LogP contribution in [0.15, 0.2) is 30.3 Å². The summed E-state index contributed by atoms with van der Waals surface area (Å²) in [5.74, 6) is 0. The van der Waals surface area contributed by atoms with Crippen molar-refractivity contribution in [2.45, 2.75) is 56.8 Å². The summed E-state index contributed by atoms with van der Waals surface area (Å²) in [4.78, 5) is 0. The van der Waals surface area contributed by atoms with Gasteiger partial charge in [0.15, 0.2) is 0 Å². The molecule has 0 amide bonds. The molecule has 92 valence electrons. The van der Waals surface area contributed by atoms with Crippen LogP contribution in [0.3, 0.4) is 0 Å². The van der Waals surface area contributed by atoms with E-state index in [-0.39, 0.29) is 0 Å². The molecule has 0 saturated heterocycles. The first-order valence-corrected chi connectivity index (χ1v) is 8.06. The van der Waals surface area contributed by atoms with Crippen LogP contribution in [-0.2, 0) is 4.43 Å². The van der Waals surface area contributed by atoms with Gasteiger partial charge in [-0.1, -0.05) is 105 Å². The minimum absolute atomic E-state index is 1.11. The Labute approximate surface area is 115 Å². The average Bonchev–Trinajstić information content (AvgIpc) is 2.44. The number of hydrogen-bond acceptors (Lipinski definition) is 0. The molecule has 0 spiro atoms. The van der Waals surface area contributed by atoms with Gasteiger partial charge in [0.05, 0.1) is 0 Å². The van der Waals surface area contributed by atoms with Gasteiger partial charge in [0.25, 0.3) is 0 Å². The van der Waals surface area contributed by atoms with Gasteiger partial charge in [-0.3, -0.25) is 0 Å². The largest absolute Gasteiger partial charge is 0.0812 e. The normalized spacial score (nSPS) is 13.9. The summed E-state index contributed by atoms with van der Waals surface area (Å²) in [7, 11) is 0. The average molecular weight is 332 g/mol. The summed E-state index contributed by atoms with van der Waals surface area (Å²) >= 11 is 2.35. The van der Waals surface area contributed by atoms with Crippen molar-refractivity contribution >= 4 is 22.6 Å². The van der Waals surface area contributed by atoms with E-state index in [4.69, 9.17) is 0 Å². The molecule has 0 heterocycles. The van der Waals surface area contributed by atoms with E-state index in [1.807, 2.05) is 19.9 Å². The summed E-state index contributed by atoms with van der Waals surface area (Å²) in [5.41, 5.74) is 1.40. The van der Waals surface area contributed by atoms with E-state index < -0.39 is 0 Å². The van der Waals surface area contributed by atoms with Crippen molar-refractivity contribution in [1.82, 2.24) is 0 Å². The van der Waals surface area contributed by atoms with Crippen LogP contribution >= 0.6 is 22.6 Å². The van der Waals surface area contributed by atoms with E-state index in [2.05, 4.69) is 46.9 Å². The van der Waals surface area contributed by atoms with Crippen molar-refractivity contribution < 1.29 is 0 Å². The van der Waals surface area contributed by atoms with Gasteiger partial charge in [0, 0.05) is 4.43 Å². The number of benzene rings is 1. The Kier molecular flexibility index (Phi) is 13.0. The SMILES string of the molecule is C1CCCCC1.CC.ICc1ccccc1. The lowest BCUT2D eigenvalue weighted by Crippen LogP contribution is -1.85. The lowest BCUT2D eigenvalue weighted by Gasteiger charge is -2.05. The summed E-state index contributed by atoms with van der Waals surface area (Å²) in [6.07, 6.45) is 9.00. The molecule has 1 aliphatic carbocycles. The Morgan fingerprint density at radius 1 is 0.812 bits per heavy atom. The first kappa shape index (κ1) is 16.0. The summed E-state index contributed by atoms with van der Waals surface area (Å²) in [6.45, 7) is 4.00. The Balaban J connectivity index is 0.000000251. The zero-order chi connectivity index (χ0) is 12.1. The molecule has 0 aliphatic heterocycles. The topological polar surface area (TPSA) is 0 Å². The predicted molar refractivity (Wildman–Crippen MR) is 83.2 cm³/mol. The number of alkyl halides is 1.